The third-order valence-electron chi connectivity index (χ3n) is 4.17. The van der Waals surface area contributed by atoms with Crippen LogP contribution in [0.1, 0.15) is 37.5 Å². The Balaban J connectivity index is 2.11. The van der Waals surface area contributed by atoms with Crippen LogP contribution in [0.5, 0.6) is 0 Å². The second-order valence-electron chi connectivity index (χ2n) is 7.30. The SMILES string of the molecule is C/C=C(\C=NC)c1c(F)cncc1/C=C/CNc1ccc(CC(C)(C)O)cc1F. The fourth-order valence-corrected chi connectivity index (χ4v) is 2.97. The Labute approximate surface area is 170 Å². The lowest BCUT2D eigenvalue weighted by molar-refractivity contribution is 0.0809. The molecule has 29 heavy (non-hydrogen) atoms. The number of pyridine rings is 1. The summed E-state index contributed by atoms with van der Waals surface area (Å²) in [5.41, 5.74) is 1.89. The molecule has 0 aliphatic carbocycles. The Morgan fingerprint density at radius 2 is 2.00 bits per heavy atom. The van der Waals surface area contributed by atoms with Gasteiger partial charge in [-0.25, -0.2) is 8.78 Å². The molecule has 2 aromatic rings. The topological polar surface area (TPSA) is 57.5 Å². The van der Waals surface area contributed by atoms with Crippen LogP contribution in [0.4, 0.5) is 14.5 Å². The maximum atomic E-state index is 14.3. The highest BCUT2D eigenvalue weighted by Crippen LogP contribution is 2.22. The molecule has 0 radical (unpaired) electrons. The van der Waals surface area contributed by atoms with Crippen LogP contribution in [0.15, 0.2) is 47.7 Å². The van der Waals surface area contributed by atoms with Crippen molar-refractivity contribution in [3.63, 3.8) is 0 Å². The lowest BCUT2D eigenvalue weighted by Gasteiger charge is -2.17. The summed E-state index contributed by atoms with van der Waals surface area (Å²) < 4.78 is 28.6. The summed E-state index contributed by atoms with van der Waals surface area (Å²) >= 11 is 0. The first-order valence-electron chi connectivity index (χ1n) is 9.38. The van der Waals surface area contributed by atoms with E-state index in [2.05, 4.69) is 15.3 Å². The van der Waals surface area contributed by atoms with E-state index in [9.17, 15) is 13.9 Å². The lowest BCUT2D eigenvalue weighted by atomic mass is 9.98. The second kappa shape index (κ2) is 10.1. The number of nitrogens with zero attached hydrogens (tertiary/aromatic N) is 2. The van der Waals surface area contributed by atoms with E-state index in [4.69, 9.17) is 0 Å². The van der Waals surface area contributed by atoms with Gasteiger partial charge in [-0.3, -0.25) is 9.98 Å². The molecule has 1 aromatic carbocycles. The monoisotopic (exact) mass is 399 g/mol. The molecule has 0 saturated heterocycles. The normalized spacial score (nSPS) is 12.9. The lowest BCUT2D eigenvalue weighted by Crippen LogP contribution is -2.21. The zero-order valence-electron chi connectivity index (χ0n) is 17.2. The number of aliphatic imine (C=N–C) groups is 1. The molecule has 0 atom stereocenters. The highest BCUT2D eigenvalue weighted by molar-refractivity contribution is 6.10. The van der Waals surface area contributed by atoms with Gasteiger partial charge in [0.1, 0.15) is 11.6 Å². The number of hydrogen-bond acceptors (Lipinski definition) is 4. The smallest absolute Gasteiger partial charge is 0.149 e. The molecule has 2 rings (SSSR count). The third kappa shape index (κ3) is 6.61. The summed E-state index contributed by atoms with van der Waals surface area (Å²) in [4.78, 5) is 7.88. The van der Waals surface area contributed by atoms with Crippen molar-refractivity contribution in [2.24, 2.45) is 4.99 Å². The van der Waals surface area contributed by atoms with Gasteiger partial charge in [0.15, 0.2) is 0 Å². The van der Waals surface area contributed by atoms with Gasteiger partial charge in [0.2, 0.25) is 0 Å². The Morgan fingerprint density at radius 3 is 2.62 bits per heavy atom. The summed E-state index contributed by atoms with van der Waals surface area (Å²) in [5, 5.41) is 12.9. The van der Waals surface area contributed by atoms with Crippen LogP contribution in [0.3, 0.4) is 0 Å². The van der Waals surface area contributed by atoms with Gasteiger partial charge in [-0.1, -0.05) is 24.3 Å². The molecular formula is C23H27F2N3O. The Hall–Kier alpha value is -2.86. The number of nitrogens with one attached hydrogen (secondary N) is 1. The van der Waals surface area contributed by atoms with E-state index in [1.807, 2.05) is 6.92 Å². The Bertz CT molecular complexity index is 928. The largest absolute Gasteiger partial charge is 0.390 e. The van der Waals surface area contributed by atoms with Crippen LogP contribution < -0.4 is 5.32 Å². The molecule has 0 spiro atoms. The number of halogens is 2. The van der Waals surface area contributed by atoms with Gasteiger partial charge < -0.3 is 10.4 Å². The van der Waals surface area contributed by atoms with Crippen molar-refractivity contribution < 1.29 is 13.9 Å². The number of hydrogen-bond donors (Lipinski definition) is 2. The van der Waals surface area contributed by atoms with Crippen molar-refractivity contribution in [2.75, 3.05) is 18.9 Å². The number of allylic oxidation sites excluding steroid dienone is 2. The van der Waals surface area contributed by atoms with E-state index in [-0.39, 0.29) is 5.82 Å². The maximum Gasteiger partial charge on any atom is 0.149 e. The van der Waals surface area contributed by atoms with Crippen LogP contribution >= 0.6 is 0 Å². The van der Waals surface area contributed by atoms with E-state index >= 15 is 0 Å². The summed E-state index contributed by atoms with van der Waals surface area (Å²) in [7, 11) is 1.63. The van der Waals surface area contributed by atoms with Crippen molar-refractivity contribution in [3.8, 4) is 0 Å². The average molecular weight is 399 g/mol. The minimum Gasteiger partial charge on any atom is -0.390 e. The van der Waals surface area contributed by atoms with Crippen LogP contribution in [0, 0.1) is 11.6 Å². The minimum atomic E-state index is -0.894. The second-order valence-corrected chi connectivity index (χ2v) is 7.30. The third-order valence-corrected chi connectivity index (χ3v) is 4.17. The molecule has 0 bridgehead atoms. The van der Waals surface area contributed by atoms with Crippen LogP contribution in [-0.4, -0.2) is 35.5 Å². The van der Waals surface area contributed by atoms with Crippen molar-refractivity contribution in [3.05, 3.63) is 71.1 Å². The fraction of sp³-hybridized carbons (Fsp3) is 0.304. The predicted molar refractivity (Wildman–Crippen MR) is 116 cm³/mol. The molecule has 0 aliphatic rings. The van der Waals surface area contributed by atoms with Gasteiger partial charge >= 0.3 is 0 Å². The summed E-state index contributed by atoms with van der Waals surface area (Å²) in [6.07, 6.45) is 10.0. The molecular weight excluding hydrogens is 372 g/mol. The Morgan fingerprint density at radius 1 is 1.24 bits per heavy atom. The summed E-state index contributed by atoms with van der Waals surface area (Å²) in [6, 6.07) is 4.85. The van der Waals surface area contributed by atoms with E-state index in [0.717, 1.165) is 5.56 Å². The van der Waals surface area contributed by atoms with Crippen LogP contribution in [0.2, 0.25) is 0 Å². The van der Waals surface area contributed by atoms with Gasteiger partial charge in [-0.15, -0.1) is 0 Å². The first-order valence-corrected chi connectivity index (χ1v) is 9.38. The number of benzene rings is 1. The fourth-order valence-electron chi connectivity index (χ4n) is 2.97. The first kappa shape index (κ1) is 22.4. The molecule has 1 heterocycles. The van der Waals surface area contributed by atoms with E-state index in [1.165, 1.54) is 12.3 Å². The average Bonchev–Trinajstić information content (AvgIpc) is 2.64. The molecule has 0 unspecified atom stereocenters. The van der Waals surface area contributed by atoms with Gasteiger partial charge in [-0.05, 0) is 44.0 Å². The number of rotatable bonds is 8. The van der Waals surface area contributed by atoms with E-state index in [0.29, 0.717) is 35.4 Å². The predicted octanol–water partition coefficient (Wildman–Crippen LogP) is 4.90. The highest BCUT2D eigenvalue weighted by Gasteiger charge is 2.14. The van der Waals surface area contributed by atoms with E-state index in [1.54, 1.807) is 63.7 Å². The molecule has 0 amide bonds. The van der Waals surface area contributed by atoms with Crippen molar-refractivity contribution >= 4 is 23.6 Å². The quantitative estimate of drug-likeness (QED) is 0.621. The number of anilines is 1. The van der Waals surface area contributed by atoms with E-state index < -0.39 is 11.4 Å². The van der Waals surface area contributed by atoms with Crippen molar-refractivity contribution in [2.45, 2.75) is 32.8 Å². The van der Waals surface area contributed by atoms with Gasteiger partial charge in [0.05, 0.1) is 17.5 Å². The zero-order chi connectivity index (χ0) is 21.4. The molecule has 0 aliphatic heterocycles. The molecule has 0 fully saturated rings. The van der Waals surface area contributed by atoms with Crippen LogP contribution in [-0.2, 0) is 6.42 Å². The first-order chi connectivity index (χ1) is 13.7. The van der Waals surface area contributed by atoms with Gasteiger partial charge in [0.25, 0.3) is 0 Å². The van der Waals surface area contributed by atoms with Gasteiger partial charge in [0, 0.05) is 43.6 Å². The molecule has 1 aromatic heterocycles. The maximum absolute atomic E-state index is 14.3. The molecule has 2 N–H and O–H groups in total. The van der Waals surface area contributed by atoms with Crippen LogP contribution in [0.25, 0.3) is 11.6 Å². The molecule has 154 valence electrons. The summed E-state index contributed by atoms with van der Waals surface area (Å²) in [5.74, 6) is -0.815. The van der Waals surface area contributed by atoms with Gasteiger partial charge in [-0.2, -0.15) is 0 Å². The minimum absolute atomic E-state index is 0.352. The molecule has 4 nitrogen and oxygen atoms in total. The highest BCUT2D eigenvalue weighted by atomic mass is 19.1. The van der Waals surface area contributed by atoms with Crippen molar-refractivity contribution in [1.29, 1.82) is 0 Å². The standard InChI is InChI=1S/C23H27F2N3O/c1-5-17(13-26-4)22-18(14-27-15-20(22)25)7-6-10-28-21-9-8-16(11-19(21)24)12-23(2,3)29/h5-9,11,13-15,28-29H,10,12H2,1-4H3/b7-6+,17-5+,26-13?. The number of aliphatic hydroxyl groups is 1. The molecule has 6 heteroatoms. The Kier molecular flexibility index (Phi) is 7.79. The number of aromatic nitrogens is 1. The summed E-state index contributed by atoms with van der Waals surface area (Å²) in [6.45, 7) is 5.53. The van der Waals surface area contributed by atoms with Crippen molar-refractivity contribution in [1.82, 2.24) is 4.98 Å². The zero-order valence-corrected chi connectivity index (χ0v) is 17.2. The molecule has 0 saturated carbocycles.